The fourth-order valence-corrected chi connectivity index (χ4v) is 1.97. The Balaban J connectivity index is 1.93. The molecule has 0 spiro atoms. The average Bonchev–Trinajstić information content (AvgIpc) is 2.44. The summed E-state index contributed by atoms with van der Waals surface area (Å²) in [5.74, 6) is 0. The number of aromatic nitrogens is 1. The first-order valence-electron chi connectivity index (χ1n) is 4.30. The molecule has 0 atom stereocenters. The van der Waals surface area contributed by atoms with Crippen LogP contribution in [0.25, 0.3) is 0 Å². The highest BCUT2D eigenvalue weighted by Crippen LogP contribution is 2.17. The molecular formula is C8H13N3S. The number of nitrogens with zero attached hydrogens (tertiary/aromatic N) is 1. The van der Waals surface area contributed by atoms with Crippen LogP contribution in [0.2, 0.25) is 0 Å². The van der Waals surface area contributed by atoms with Crippen LogP contribution < -0.4 is 10.6 Å². The molecule has 0 radical (unpaired) electrons. The first-order chi connectivity index (χ1) is 5.88. The molecule has 1 fully saturated rings. The summed E-state index contributed by atoms with van der Waals surface area (Å²) in [4.78, 5) is 4.43. The van der Waals surface area contributed by atoms with Gasteiger partial charge in [-0.25, -0.2) is 4.98 Å². The van der Waals surface area contributed by atoms with Gasteiger partial charge in [0.15, 0.2) is 5.13 Å². The zero-order chi connectivity index (χ0) is 8.39. The van der Waals surface area contributed by atoms with Gasteiger partial charge in [-0.2, -0.15) is 0 Å². The monoisotopic (exact) mass is 183 g/mol. The first-order valence-corrected chi connectivity index (χ1v) is 5.18. The molecule has 66 valence electrons. The van der Waals surface area contributed by atoms with Crippen molar-refractivity contribution >= 4 is 16.5 Å². The van der Waals surface area contributed by atoms with E-state index in [9.17, 15) is 0 Å². The number of rotatable bonds is 3. The summed E-state index contributed by atoms with van der Waals surface area (Å²) in [7, 11) is 0. The molecule has 1 aromatic heterocycles. The van der Waals surface area contributed by atoms with E-state index in [0.717, 1.165) is 24.6 Å². The lowest BCUT2D eigenvalue weighted by atomic mass is 10.2. The number of aryl methyl sites for hydroxylation is 1. The topological polar surface area (TPSA) is 37.0 Å². The quantitative estimate of drug-likeness (QED) is 0.736. The summed E-state index contributed by atoms with van der Waals surface area (Å²) in [6, 6.07) is 0.598. The molecule has 2 N–H and O–H groups in total. The van der Waals surface area contributed by atoms with Gasteiger partial charge in [-0.3, -0.25) is 0 Å². The smallest absolute Gasteiger partial charge is 0.183 e. The van der Waals surface area contributed by atoms with Crippen LogP contribution in [-0.4, -0.2) is 24.1 Å². The van der Waals surface area contributed by atoms with Crippen LogP contribution >= 0.6 is 11.3 Å². The molecule has 1 aromatic rings. The standard InChI is InChI=1S/C8H13N3S/c1-2-6-5-12-8(10-6)11-7-3-9-4-7/h5,7,9H,2-4H2,1H3,(H,10,11). The van der Waals surface area contributed by atoms with E-state index in [1.807, 2.05) is 0 Å². The molecule has 0 saturated carbocycles. The highest BCUT2D eigenvalue weighted by molar-refractivity contribution is 7.13. The lowest BCUT2D eigenvalue weighted by Gasteiger charge is -2.27. The first kappa shape index (κ1) is 8.01. The van der Waals surface area contributed by atoms with E-state index in [4.69, 9.17) is 0 Å². The lowest BCUT2D eigenvalue weighted by molar-refractivity contribution is 0.472. The maximum absolute atomic E-state index is 4.43. The molecule has 2 heterocycles. The van der Waals surface area contributed by atoms with Crippen LogP contribution in [0.5, 0.6) is 0 Å². The van der Waals surface area contributed by atoms with Gasteiger partial charge in [0.1, 0.15) is 0 Å². The summed E-state index contributed by atoms with van der Waals surface area (Å²) >= 11 is 1.70. The van der Waals surface area contributed by atoms with E-state index in [1.54, 1.807) is 11.3 Å². The number of nitrogens with one attached hydrogen (secondary N) is 2. The van der Waals surface area contributed by atoms with Gasteiger partial charge in [0.05, 0.1) is 11.7 Å². The summed E-state index contributed by atoms with van der Waals surface area (Å²) in [6.07, 6.45) is 1.03. The van der Waals surface area contributed by atoms with Gasteiger partial charge < -0.3 is 10.6 Å². The van der Waals surface area contributed by atoms with Gasteiger partial charge in [0.25, 0.3) is 0 Å². The summed E-state index contributed by atoms with van der Waals surface area (Å²) < 4.78 is 0. The number of hydrogen-bond acceptors (Lipinski definition) is 4. The zero-order valence-electron chi connectivity index (χ0n) is 7.13. The van der Waals surface area contributed by atoms with E-state index < -0.39 is 0 Å². The highest BCUT2D eigenvalue weighted by atomic mass is 32.1. The van der Waals surface area contributed by atoms with Crippen molar-refractivity contribution in [2.75, 3.05) is 18.4 Å². The predicted molar refractivity (Wildman–Crippen MR) is 51.8 cm³/mol. The van der Waals surface area contributed by atoms with E-state index in [-0.39, 0.29) is 0 Å². The highest BCUT2D eigenvalue weighted by Gasteiger charge is 2.16. The Bertz CT molecular complexity index is 255. The average molecular weight is 183 g/mol. The minimum atomic E-state index is 0.598. The Morgan fingerprint density at radius 3 is 3.08 bits per heavy atom. The van der Waals surface area contributed by atoms with Gasteiger partial charge in [0.2, 0.25) is 0 Å². The molecule has 0 amide bonds. The second-order valence-corrected chi connectivity index (χ2v) is 3.86. The van der Waals surface area contributed by atoms with Gasteiger partial charge in [-0.15, -0.1) is 11.3 Å². The molecule has 0 aliphatic carbocycles. The Hall–Kier alpha value is -0.610. The van der Waals surface area contributed by atoms with Crippen LogP contribution in [0.3, 0.4) is 0 Å². The fourth-order valence-electron chi connectivity index (χ4n) is 1.10. The molecule has 1 saturated heterocycles. The lowest BCUT2D eigenvalue weighted by Crippen LogP contribution is -2.51. The van der Waals surface area contributed by atoms with Crippen molar-refractivity contribution in [1.82, 2.24) is 10.3 Å². The minimum absolute atomic E-state index is 0.598. The Morgan fingerprint density at radius 2 is 2.58 bits per heavy atom. The normalized spacial score (nSPS) is 17.4. The predicted octanol–water partition coefficient (Wildman–Crippen LogP) is 1.09. The molecular weight excluding hydrogens is 170 g/mol. The third-order valence-corrected chi connectivity index (χ3v) is 2.85. The van der Waals surface area contributed by atoms with Crippen LogP contribution in [-0.2, 0) is 6.42 Å². The van der Waals surface area contributed by atoms with Crippen molar-refractivity contribution < 1.29 is 0 Å². The van der Waals surface area contributed by atoms with E-state index in [0.29, 0.717) is 6.04 Å². The van der Waals surface area contributed by atoms with Crippen molar-refractivity contribution in [2.45, 2.75) is 19.4 Å². The molecule has 4 heteroatoms. The maximum atomic E-state index is 4.43. The van der Waals surface area contributed by atoms with Crippen molar-refractivity contribution in [3.63, 3.8) is 0 Å². The molecule has 0 aromatic carbocycles. The van der Waals surface area contributed by atoms with Gasteiger partial charge in [-0.05, 0) is 6.42 Å². The minimum Gasteiger partial charge on any atom is -0.356 e. The van der Waals surface area contributed by atoms with Crippen LogP contribution in [0.15, 0.2) is 5.38 Å². The molecule has 0 bridgehead atoms. The second-order valence-electron chi connectivity index (χ2n) is 3.00. The summed E-state index contributed by atoms with van der Waals surface area (Å²) in [6.45, 7) is 4.27. The fraction of sp³-hybridized carbons (Fsp3) is 0.625. The Morgan fingerprint density at radius 1 is 1.75 bits per heavy atom. The molecule has 12 heavy (non-hydrogen) atoms. The maximum Gasteiger partial charge on any atom is 0.183 e. The van der Waals surface area contributed by atoms with Crippen LogP contribution in [0.1, 0.15) is 12.6 Å². The van der Waals surface area contributed by atoms with E-state index >= 15 is 0 Å². The van der Waals surface area contributed by atoms with Crippen LogP contribution in [0, 0.1) is 0 Å². The third-order valence-electron chi connectivity index (χ3n) is 2.02. The molecule has 0 unspecified atom stereocenters. The largest absolute Gasteiger partial charge is 0.356 e. The summed E-state index contributed by atoms with van der Waals surface area (Å²) in [5, 5.41) is 9.78. The van der Waals surface area contributed by atoms with Gasteiger partial charge in [0, 0.05) is 18.5 Å². The Labute approximate surface area is 76.2 Å². The van der Waals surface area contributed by atoms with Crippen molar-refractivity contribution in [3.8, 4) is 0 Å². The number of thiazole rings is 1. The molecule has 2 rings (SSSR count). The van der Waals surface area contributed by atoms with Crippen molar-refractivity contribution in [1.29, 1.82) is 0 Å². The second kappa shape index (κ2) is 3.41. The number of anilines is 1. The van der Waals surface area contributed by atoms with Crippen molar-refractivity contribution in [3.05, 3.63) is 11.1 Å². The van der Waals surface area contributed by atoms with E-state index in [1.165, 1.54) is 5.69 Å². The van der Waals surface area contributed by atoms with Gasteiger partial charge >= 0.3 is 0 Å². The van der Waals surface area contributed by atoms with Gasteiger partial charge in [-0.1, -0.05) is 6.92 Å². The SMILES string of the molecule is CCc1csc(NC2CNC2)n1. The third kappa shape index (κ3) is 1.59. The number of hydrogen-bond donors (Lipinski definition) is 2. The molecule has 1 aliphatic rings. The molecule has 3 nitrogen and oxygen atoms in total. The Kier molecular flexibility index (Phi) is 2.28. The van der Waals surface area contributed by atoms with Crippen LogP contribution in [0.4, 0.5) is 5.13 Å². The summed E-state index contributed by atoms with van der Waals surface area (Å²) in [5.41, 5.74) is 1.19. The zero-order valence-corrected chi connectivity index (χ0v) is 7.95. The van der Waals surface area contributed by atoms with Crippen molar-refractivity contribution in [2.24, 2.45) is 0 Å². The molecule has 1 aliphatic heterocycles. The van der Waals surface area contributed by atoms with E-state index in [2.05, 4.69) is 27.9 Å².